The molecule has 7 atom stereocenters. The van der Waals surface area contributed by atoms with Gasteiger partial charge in [-0.25, -0.2) is 4.79 Å². The minimum absolute atomic E-state index is 0.0200. The lowest BCUT2D eigenvalue weighted by molar-refractivity contribution is -0.145. The van der Waals surface area contributed by atoms with E-state index in [2.05, 4.69) is 21.3 Å². The highest BCUT2D eigenvalue weighted by Crippen LogP contribution is 2.20. The van der Waals surface area contributed by atoms with Gasteiger partial charge in [-0.15, -0.1) is 0 Å². The number of likely N-dealkylation sites (tertiary alicyclic amines) is 1. The third kappa shape index (κ3) is 12.2. The van der Waals surface area contributed by atoms with Crippen molar-refractivity contribution in [2.75, 3.05) is 13.2 Å². The Labute approximate surface area is 321 Å². The average molecular weight is 757 g/mol. The van der Waals surface area contributed by atoms with Gasteiger partial charge in [0.25, 0.3) is 0 Å². The third-order valence-corrected chi connectivity index (χ3v) is 9.88. The van der Waals surface area contributed by atoms with Crippen molar-refractivity contribution in [2.24, 2.45) is 11.7 Å². The number of rotatable bonds is 19. The van der Waals surface area contributed by atoms with Crippen LogP contribution < -0.4 is 27.0 Å². The number of aliphatic hydroxyl groups excluding tert-OH is 1. The van der Waals surface area contributed by atoms with Gasteiger partial charge in [0.2, 0.25) is 29.5 Å². The topological polar surface area (TPSA) is 220 Å². The molecule has 14 nitrogen and oxygen atoms in total. The Kier molecular flexibility index (Phi) is 15.9. The van der Waals surface area contributed by atoms with E-state index in [1.807, 2.05) is 37.3 Å². The number of carboxylic acids is 1. The van der Waals surface area contributed by atoms with Crippen molar-refractivity contribution in [3.05, 3.63) is 108 Å². The minimum atomic E-state index is -1.48. The van der Waals surface area contributed by atoms with Gasteiger partial charge < -0.3 is 42.1 Å². The Morgan fingerprint density at radius 3 is 1.73 bits per heavy atom. The minimum Gasteiger partial charge on any atom is -0.480 e. The van der Waals surface area contributed by atoms with E-state index in [0.717, 1.165) is 5.56 Å². The maximum atomic E-state index is 13.9. The van der Waals surface area contributed by atoms with Crippen LogP contribution >= 0.6 is 0 Å². The summed E-state index contributed by atoms with van der Waals surface area (Å²) in [5, 5.41) is 30.8. The zero-order chi connectivity index (χ0) is 39.9. The van der Waals surface area contributed by atoms with E-state index in [9.17, 15) is 39.0 Å². The summed E-state index contributed by atoms with van der Waals surface area (Å²) in [4.78, 5) is 81.4. The van der Waals surface area contributed by atoms with E-state index in [1.54, 1.807) is 67.6 Å². The number of nitrogens with two attached hydrogens (primary N) is 1. The van der Waals surface area contributed by atoms with Gasteiger partial charge in [-0.05, 0) is 41.9 Å². The zero-order valence-electron chi connectivity index (χ0n) is 31.2. The molecule has 4 rings (SSSR count). The van der Waals surface area contributed by atoms with Gasteiger partial charge in [0.1, 0.15) is 30.2 Å². The van der Waals surface area contributed by atoms with Crippen LogP contribution in [0.4, 0.5) is 0 Å². The molecule has 0 saturated carbocycles. The molecule has 1 aliphatic rings. The number of benzene rings is 3. The number of aliphatic hydroxyl groups is 1. The maximum Gasteiger partial charge on any atom is 0.326 e. The summed E-state index contributed by atoms with van der Waals surface area (Å²) in [5.74, 6) is -4.89. The fourth-order valence-electron chi connectivity index (χ4n) is 6.52. The Morgan fingerprint density at radius 1 is 0.709 bits per heavy atom. The van der Waals surface area contributed by atoms with Crippen molar-refractivity contribution < 1.29 is 39.0 Å². The quantitative estimate of drug-likeness (QED) is 0.0930. The Balaban J connectivity index is 1.47. The van der Waals surface area contributed by atoms with Crippen molar-refractivity contribution in [3.8, 4) is 0 Å². The molecule has 0 bridgehead atoms. The molecule has 1 saturated heterocycles. The molecule has 1 heterocycles. The molecule has 294 valence electrons. The van der Waals surface area contributed by atoms with Crippen molar-refractivity contribution in [2.45, 2.75) is 88.6 Å². The molecule has 3 aromatic rings. The second-order valence-electron chi connectivity index (χ2n) is 13.9. The number of nitrogens with one attached hydrogen (secondary N) is 4. The van der Waals surface area contributed by atoms with Gasteiger partial charge in [-0.3, -0.25) is 24.0 Å². The van der Waals surface area contributed by atoms with E-state index >= 15 is 0 Å². The molecule has 1 aliphatic heterocycles. The lowest BCUT2D eigenvalue weighted by Gasteiger charge is -2.30. The predicted octanol–water partition coefficient (Wildman–Crippen LogP) is 1.10. The van der Waals surface area contributed by atoms with E-state index in [0.29, 0.717) is 24.0 Å². The molecule has 0 unspecified atom stereocenters. The molecule has 55 heavy (non-hydrogen) atoms. The highest BCUT2D eigenvalue weighted by molar-refractivity contribution is 5.97. The third-order valence-electron chi connectivity index (χ3n) is 9.88. The summed E-state index contributed by atoms with van der Waals surface area (Å²) >= 11 is 0. The maximum absolute atomic E-state index is 13.9. The van der Waals surface area contributed by atoms with Crippen LogP contribution in [0.15, 0.2) is 91.0 Å². The van der Waals surface area contributed by atoms with E-state index in [-0.39, 0.29) is 38.1 Å². The summed E-state index contributed by atoms with van der Waals surface area (Å²) in [5.41, 5.74) is 8.48. The monoisotopic (exact) mass is 756 g/mol. The smallest absolute Gasteiger partial charge is 0.326 e. The Morgan fingerprint density at radius 2 is 1.22 bits per heavy atom. The van der Waals surface area contributed by atoms with Crippen LogP contribution in [0, 0.1) is 5.92 Å². The molecular weight excluding hydrogens is 704 g/mol. The number of aliphatic carboxylic acids is 1. The van der Waals surface area contributed by atoms with Crippen LogP contribution in [0.1, 0.15) is 49.8 Å². The second kappa shape index (κ2) is 20.7. The number of nitrogens with zero attached hydrogens (tertiary/aromatic N) is 1. The van der Waals surface area contributed by atoms with Crippen LogP contribution in [-0.4, -0.2) is 100 Å². The van der Waals surface area contributed by atoms with Gasteiger partial charge in [0.15, 0.2) is 0 Å². The van der Waals surface area contributed by atoms with Gasteiger partial charge in [0.05, 0.1) is 12.6 Å². The second-order valence-corrected chi connectivity index (χ2v) is 13.9. The number of hydrogen-bond donors (Lipinski definition) is 7. The van der Waals surface area contributed by atoms with Crippen LogP contribution in [0.5, 0.6) is 0 Å². The first-order valence-electron chi connectivity index (χ1n) is 18.6. The van der Waals surface area contributed by atoms with Gasteiger partial charge >= 0.3 is 5.97 Å². The zero-order valence-corrected chi connectivity index (χ0v) is 31.2. The Hall–Kier alpha value is -5.60. The van der Waals surface area contributed by atoms with Crippen molar-refractivity contribution in [1.29, 1.82) is 0 Å². The molecule has 0 spiro atoms. The molecule has 0 radical (unpaired) electrons. The van der Waals surface area contributed by atoms with Gasteiger partial charge in [-0.1, -0.05) is 111 Å². The van der Waals surface area contributed by atoms with E-state index < -0.39 is 78.4 Å². The van der Waals surface area contributed by atoms with E-state index in [4.69, 9.17) is 5.73 Å². The molecular formula is C41H52N6O8. The summed E-state index contributed by atoms with van der Waals surface area (Å²) in [7, 11) is 0. The molecule has 0 aromatic heterocycles. The van der Waals surface area contributed by atoms with Crippen LogP contribution in [0.2, 0.25) is 0 Å². The largest absolute Gasteiger partial charge is 0.480 e. The molecule has 14 heteroatoms. The average Bonchev–Trinajstić information content (AvgIpc) is 3.69. The molecule has 5 amide bonds. The first-order chi connectivity index (χ1) is 26.4. The molecule has 1 fully saturated rings. The predicted molar refractivity (Wildman–Crippen MR) is 205 cm³/mol. The standard InChI is InChI=1S/C41H52N6O8/c1-3-26(2)35(46-36(49)30(42)22-27-14-7-4-8-15-27)39(52)43-31(23-28-16-9-5-10-17-28)37(50)45-33(25-48)40(53)47-21-13-20-34(47)38(51)44-32(41(54)55)24-29-18-11-6-12-19-29/h4-12,14-19,26,30-35,48H,3,13,20-25,42H2,1-2H3,(H,43,52)(H,44,51)(H,45,50)(H,46,49)(H,54,55)/t26-,30-,31-,32-,33-,34-,35-/m0/s1. The summed E-state index contributed by atoms with van der Waals surface area (Å²) in [6.45, 7) is 3.00. The van der Waals surface area contributed by atoms with Gasteiger partial charge in [0, 0.05) is 19.4 Å². The number of carboxylic acid groups (broad SMARTS) is 1. The van der Waals surface area contributed by atoms with Gasteiger partial charge in [-0.2, -0.15) is 0 Å². The Bertz CT molecular complexity index is 1750. The first kappa shape index (κ1) is 42.1. The van der Waals surface area contributed by atoms with E-state index in [1.165, 1.54) is 4.90 Å². The van der Waals surface area contributed by atoms with Crippen LogP contribution in [0.3, 0.4) is 0 Å². The highest BCUT2D eigenvalue weighted by Gasteiger charge is 2.40. The lowest BCUT2D eigenvalue weighted by Crippen LogP contribution is -2.61. The van der Waals surface area contributed by atoms with Crippen LogP contribution in [-0.2, 0) is 48.0 Å². The fourth-order valence-corrected chi connectivity index (χ4v) is 6.52. The molecule has 3 aromatic carbocycles. The highest BCUT2D eigenvalue weighted by atomic mass is 16.4. The number of hydrogen-bond acceptors (Lipinski definition) is 8. The summed E-state index contributed by atoms with van der Waals surface area (Å²) < 4.78 is 0. The SMILES string of the molecule is CC[C@H](C)[C@H](NC(=O)[C@@H](N)Cc1ccccc1)C(=O)N[C@@H](Cc1ccccc1)C(=O)N[C@@H](CO)C(=O)N1CCC[C@H]1C(=O)N[C@@H](Cc1ccccc1)C(=O)O. The number of carbonyl (C=O) groups is 6. The molecule has 8 N–H and O–H groups in total. The number of carbonyl (C=O) groups excluding carboxylic acids is 5. The van der Waals surface area contributed by atoms with Crippen molar-refractivity contribution in [3.63, 3.8) is 0 Å². The summed E-state index contributed by atoms with van der Waals surface area (Å²) in [6.07, 6.45) is 1.53. The summed E-state index contributed by atoms with van der Waals surface area (Å²) in [6, 6.07) is 20.0. The fraction of sp³-hybridized carbons (Fsp3) is 0.415. The van der Waals surface area contributed by atoms with Crippen molar-refractivity contribution in [1.82, 2.24) is 26.2 Å². The first-order valence-corrected chi connectivity index (χ1v) is 18.6. The normalized spacial score (nSPS) is 17.1. The number of amides is 5. The lowest BCUT2D eigenvalue weighted by atomic mass is 9.96. The van der Waals surface area contributed by atoms with Crippen LogP contribution in [0.25, 0.3) is 0 Å². The van der Waals surface area contributed by atoms with Crippen molar-refractivity contribution >= 4 is 35.5 Å². The molecule has 0 aliphatic carbocycles.